The van der Waals surface area contributed by atoms with E-state index in [4.69, 9.17) is 4.74 Å². The molecule has 0 N–H and O–H groups in total. The van der Waals surface area contributed by atoms with E-state index in [1.165, 1.54) is 12.1 Å². The van der Waals surface area contributed by atoms with Gasteiger partial charge in [-0.05, 0) is 36.8 Å². The Hall–Kier alpha value is -1.68. The number of halogens is 2. The Morgan fingerprint density at radius 1 is 1.20 bits per heavy atom. The maximum atomic E-state index is 13.0. The first-order chi connectivity index (χ1) is 9.54. The predicted octanol–water partition coefficient (Wildman–Crippen LogP) is 4.30. The van der Waals surface area contributed by atoms with E-state index in [-0.39, 0.29) is 11.6 Å². The number of hydrogen-bond donors (Lipinski definition) is 0. The first-order valence-corrected chi connectivity index (χ1v) is 6.99. The zero-order valence-electron chi connectivity index (χ0n) is 11.0. The first-order valence-electron chi connectivity index (χ1n) is 6.19. The molecule has 2 nitrogen and oxygen atoms in total. The molecule has 0 aliphatic heterocycles. The number of benzene rings is 2. The van der Waals surface area contributed by atoms with Crippen LogP contribution in [0.15, 0.2) is 46.9 Å². The topological polar surface area (TPSA) is 26.3 Å². The Labute approximate surface area is 125 Å². The third kappa shape index (κ3) is 4.17. The molecule has 0 spiro atoms. The summed E-state index contributed by atoms with van der Waals surface area (Å²) in [7, 11) is 0. The molecule has 0 atom stereocenters. The Morgan fingerprint density at radius 2 is 1.90 bits per heavy atom. The third-order valence-electron chi connectivity index (χ3n) is 2.79. The van der Waals surface area contributed by atoms with Crippen molar-refractivity contribution in [3.05, 3.63) is 63.9 Å². The summed E-state index contributed by atoms with van der Waals surface area (Å²) in [5.41, 5.74) is 1.84. The highest BCUT2D eigenvalue weighted by Crippen LogP contribution is 2.21. The second-order valence-electron chi connectivity index (χ2n) is 4.55. The predicted molar refractivity (Wildman–Crippen MR) is 79.3 cm³/mol. The van der Waals surface area contributed by atoms with Crippen molar-refractivity contribution < 1.29 is 13.9 Å². The molecule has 0 aliphatic carbocycles. The Balaban J connectivity index is 1.98. The molecule has 0 radical (unpaired) electrons. The lowest BCUT2D eigenvalue weighted by molar-refractivity contribution is -0.116. The van der Waals surface area contributed by atoms with E-state index in [0.29, 0.717) is 23.2 Å². The summed E-state index contributed by atoms with van der Waals surface area (Å²) >= 11 is 3.30. The van der Waals surface area contributed by atoms with Crippen molar-refractivity contribution in [2.45, 2.75) is 20.0 Å². The second-order valence-corrected chi connectivity index (χ2v) is 5.40. The molecule has 104 valence electrons. The molecule has 0 unspecified atom stereocenters. The minimum Gasteiger partial charge on any atom is -0.489 e. The van der Waals surface area contributed by atoms with Gasteiger partial charge in [-0.1, -0.05) is 34.1 Å². The highest BCUT2D eigenvalue weighted by Gasteiger charge is 2.03. The normalized spacial score (nSPS) is 10.3. The Morgan fingerprint density at radius 3 is 2.50 bits per heavy atom. The van der Waals surface area contributed by atoms with Crippen LogP contribution in [0.3, 0.4) is 0 Å². The van der Waals surface area contributed by atoms with Crippen LogP contribution < -0.4 is 4.74 Å². The highest BCUT2D eigenvalue weighted by molar-refractivity contribution is 9.10. The van der Waals surface area contributed by atoms with Gasteiger partial charge >= 0.3 is 0 Å². The minimum atomic E-state index is -0.283. The van der Waals surface area contributed by atoms with Gasteiger partial charge in [0.1, 0.15) is 24.0 Å². The van der Waals surface area contributed by atoms with Crippen LogP contribution >= 0.6 is 15.9 Å². The zero-order chi connectivity index (χ0) is 14.5. The van der Waals surface area contributed by atoms with Crippen molar-refractivity contribution >= 4 is 21.7 Å². The molecule has 2 rings (SSSR count). The largest absolute Gasteiger partial charge is 0.489 e. The number of hydrogen-bond acceptors (Lipinski definition) is 2. The van der Waals surface area contributed by atoms with E-state index in [1.807, 2.05) is 24.3 Å². The van der Waals surface area contributed by atoms with Crippen LogP contribution in [0.2, 0.25) is 0 Å². The van der Waals surface area contributed by atoms with Crippen molar-refractivity contribution in [3.63, 3.8) is 0 Å². The van der Waals surface area contributed by atoms with Crippen LogP contribution in [-0.4, -0.2) is 5.78 Å². The minimum absolute atomic E-state index is 0.133. The Kier molecular flexibility index (Phi) is 4.90. The monoisotopic (exact) mass is 336 g/mol. The lowest BCUT2D eigenvalue weighted by atomic mass is 10.1. The fourth-order valence-electron chi connectivity index (χ4n) is 1.79. The van der Waals surface area contributed by atoms with Crippen LogP contribution in [-0.2, 0) is 17.8 Å². The van der Waals surface area contributed by atoms with Crippen molar-refractivity contribution in [2.24, 2.45) is 0 Å². The van der Waals surface area contributed by atoms with Crippen LogP contribution in [0, 0.1) is 5.82 Å². The fourth-order valence-corrected chi connectivity index (χ4v) is 2.26. The van der Waals surface area contributed by atoms with Crippen molar-refractivity contribution in [1.29, 1.82) is 0 Å². The molecule has 0 saturated heterocycles. The van der Waals surface area contributed by atoms with Gasteiger partial charge in [-0.3, -0.25) is 4.79 Å². The van der Waals surface area contributed by atoms with Gasteiger partial charge in [-0.25, -0.2) is 4.39 Å². The molecule has 0 fully saturated rings. The smallest absolute Gasteiger partial charge is 0.134 e. The first kappa shape index (κ1) is 14.7. The third-order valence-corrected chi connectivity index (χ3v) is 3.52. The van der Waals surface area contributed by atoms with Crippen molar-refractivity contribution in [2.75, 3.05) is 0 Å². The summed E-state index contributed by atoms with van der Waals surface area (Å²) in [5, 5.41) is 0. The average molecular weight is 337 g/mol. The SMILES string of the molecule is CC(=O)Cc1ccc(OCc2ccc(F)cc2Br)cc1. The number of ketones is 1. The van der Waals surface area contributed by atoms with Gasteiger partial charge in [0, 0.05) is 16.5 Å². The molecule has 0 amide bonds. The summed E-state index contributed by atoms with van der Waals surface area (Å²) in [4.78, 5) is 11.0. The molecule has 0 saturated carbocycles. The summed E-state index contributed by atoms with van der Waals surface area (Å²) in [6.45, 7) is 1.92. The van der Waals surface area contributed by atoms with Crippen LogP contribution in [0.25, 0.3) is 0 Å². The average Bonchev–Trinajstić information content (AvgIpc) is 2.39. The molecular weight excluding hydrogens is 323 g/mol. The molecule has 0 heterocycles. The van der Waals surface area contributed by atoms with E-state index in [2.05, 4.69) is 15.9 Å². The van der Waals surface area contributed by atoms with E-state index < -0.39 is 0 Å². The molecule has 0 bridgehead atoms. The fraction of sp³-hybridized carbons (Fsp3) is 0.188. The number of rotatable bonds is 5. The lowest BCUT2D eigenvalue weighted by Gasteiger charge is -2.08. The molecule has 0 aliphatic rings. The summed E-state index contributed by atoms with van der Waals surface area (Å²) in [6.07, 6.45) is 0.434. The summed E-state index contributed by atoms with van der Waals surface area (Å²) < 4.78 is 19.3. The van der Waals surface area contributed by atoms with E-state index >= 15 is 0 Å². The number of carbonyl (C=O) groups is 1. The van der Waals surface area contributed by atoms with Crippen molar-refractivity contribution in [3.8, 4) is 5.75 Å². The van der Waals surface area contributed by atoms with Gasteiger partial charge < -0.3 is 4.74 Å². The van der Waals surface area contributed by atoms with Crippen LogP contribution in [0.4, 0.5) is 4.39 Å². The van der Waals surface area contributed by atoms with E-state index in [9.17, 15) is 9.18 Å². The molecule has 0 aromatic heterocycles. The second kappa shape index (κ2) is 6.66. The molecule has 2 aromatic rings. The van der Waals surface area contributed by atoms with Crippen molar-refractivity contribution in [1.82, 2.24) is 0 Å². The number of Topliss-reactive ketones (excluding diaryl/α,β-unsaturated/α-hetero) is 1. The van der Waals surface area contributed by atoms with Gasteiger partial charge in [0.05, 0.1) is 0 Å². The standard InChI is InChI=1S/C16H14BrFO2/c1-11(19)8-12-2-6-15(7-3-12)20-10-13-4-5-14(18)9-16(13)17/h2-7,9H,8,10H2,1H3. The van der Waals surface area contributed by atoms with Crippen LogP contribution in [0.5, 0.6) is 5.75 Å². The maximum absolute atomic E-state index is 13.0. The van der Waals surface area contributed by atoms with Gasteiger partial charge in [0.2, 0.25) is 0 Å². The van der Waals surface area contributed by atoms with Gasteiger partial charge in [-0.15, -0.1) is 0 Å². The molecule has 2 aromatic carbocycles. The van der Waals surface area contributed by atoms with Crippen LogP contribution in [0.1, 0.15) is 18.1 Å². The molecule has 20 heavy (non-hydrogen) atoms. The lowest BCUT2D eigenvalue weighted by Crippen LogP contribution is -1.98. The number of ether oxygens (including phenoxy) is 1. The van der Waals surface area contributed by atoms with Gasteiger partial charge in [0.15, 0.2) is 0 Å². The van der Waals surface area contributed by atoms with E-state index in [0.717, 1.165) is 11.1 Å². The highest BCUT2D eigenvalue weighted by atomic mass is 79.9. The van der Waals surface area contributed by atoms with Gasteiger partial charge in [0.25, 0.3) is 0 Å². The summed E-state index contributed by atoms with van der Waals surface area (Å²) in [5.74, 6) is 0.566. The number of carbonyl (C=O) groups excluding carboxylic acids is 1. The van der Waals surface area contributed by atoms with Gasteiger partial charge in [-0.2, -0.15) is 0 Å². The zero-order valence-corrected chi connectivity index (χ0v) is 12.6. The summed E-state index contributed by atoms with van der Waals surface area (Å²) in [6, 6.07) is 11.9. The maximum Gasteiger partial charge on any atom is 0.134 e. The Bertz CT molecular complexity index is 608. The van der Waals surface area contributed by atoms with E-state index in [1.54, 1.807) is 13.0 Å². The molecular formula is C16H14BrFO2. The molecule has 4 heteroatoms. The quantitative estimate of drug-likeness (QED) is 0.813.